The van der Waals surface area contributed by atoms with Crippen LogP contribution >= 0.6 is 0 Å². The third-order valence-electron chi connectivity index (χ3n) is 7.64. The lowest BCUT2D eigenvalue weighted by atomic mass is 9.81. The molecule has 0 bridgehead atoms. The van der Waals surface area contributed by atoms with Crippen molar-refractivity contribution < 1.29 is 4.79 Å². The SMILES string of the molecule is C=CN(C(=O)C1C=CC=C(c2cc(-c3ccc(N4CCN(C)CC4)cc3)[nH]n2)C1C)C1(C#N)CC1. The number of aromatic nitrogens is 2. The highest BCUT2D eigenvalue weighted by molar-refractivity contribution is 5.87. The van der Waals surface area contributed by atoms with Crippen molar-refractivity contribution in [1.29, 1.82) is 5.26 Å². The highest BCUT2D eigenvalue weighted by Gasteiger charge is 2.51. The second-order valence-electron chi connectivity index (χ2n) is 9.86. The van der Waals surface area contributed by atoms with E-state index in [1.54, 1.807) is 4.90 Å². The van der Waals surface area contributed by atoms with Gasteiger partial charge in [0.2, 0.25) is 5.91 Å². The molecule has 2 aliphatic carbocycles. The molecule has 1 aromatic carbocycles. The molecule has 7 heteroatoms. The number of amides is 1. The van der Waals surface area contributed by atoms with Crippen molar-refractivity contribution in [2.45, 2.75) is 25.3 Å². The Hall–Kier alpha value is -3.63. The van der Waals surface area contributed by atoms with Crippen LogP contribution in [0.2, 0.25) is 0 Å². The number of piperazine rings is 1. The summed E-state index contributed by atoms with van der Waals surface area (Å²) in [7, 11) is 2.16. The smallest absolute Gasteiger partial charge is 0.235 e. The second kappa shape index (κ2) is 9.20. The van der Waals surface area contributed by atoms with E-state index in [9.17, 15) is 10.1 Å². The zero-order valence-corrected chi connectivity index (χ0v) is 20.4. The molecule has 1 aliphatic heterocycles. The quantitative estimate of drug-likeness (QED) is 0.692. The van der Waals surface area contributed by atoms with Crippen LogP contribution in [0.5, 0.6) is 0 Å². The van der Waals surface area contributed by atoms with Crippen LogP contribution in [0.1, 0.15) is 25.5 Å². The first-order valence-electron chi connectivity index (χ1n) is 12.3. The van der Waals surface area contributed by atoms with Crippen molar-refractivity contribution in [3.63, 3.8) is 0 Å². The van der Waals surface area contributed by atoms with Crippen LogP contribution in [-0.2, 0) is 4.79 Å². The normalized spacial score (nSPS) is 23.3. The van der Waals surface area contributed by atoms with E-state index in [4.69, 9.17) is 0 Å². The number of rotatable bonds is 6. The number of anilines is 1. The molecule has 2 atom stereocenters. The fourth-order valence-electron chi connectivity index (χ4n) is 5.10. The molecule has 2 aromatic rings. The summed E-state index contributed by atoms with van der Waals surface area (Å²) in [5.41, 5.74) is 4.40. The van der Waals surface area contributed by atoms with Crippen molar-refractivity contribution in [3.05, 3.63) is 67.0 Å². The van der Waals surface area contributed by atoms with Crippen LogP contribution < -0.4 is 4.90 Å². The predicted octanol–water partition coefficient (Wildman–Crippen LogP) is 4.06. The first-order valence-corrected chi connectivity index (χ1v) is 12.3. The maximum Gasteiger partial charge on any atom is 0.235 e. The third-order valence-corrected chi connectivity index (χ3v) is 7.64. The molecule has 5 rings (SSSR count). The molecular weight excluding hydrogens is 436 g/mol. The number of nitriles is 1. The summed E-state index contributed by atoms with van der Waals surface area (Å²) in [6.07, 6.45) is 8.78. The van der Waals surface area contributed by atoms with Crippen molar-refractivity contribution in [2.24, 2.45) is 11.8 Å². The minimum atomic E-state index is -0.719. The number of aromatic amines is 1. The van der Waals surface area contributed by atoms with E-state index in [0.717, 1.165) is 48.7 Å². The van der Waals surface area contributed by atoms with Crippen LogP contribution in [0.4, 0.5) is 5.69 Å². The van der Waals surface area contributed by atoms with Gasteiger partial charge in [-0.1, -0.05) is 43.9 Å². The number of allylic oxidation sites excluding steroid dienone is 3. The molecule has 180 valence electrons. The van der Waals surface area contributed by atoms with E-state index >= 15 is 0 Å². The molecule has 2 fully saturated rings. The Kier molecular flexibility index (Phi) is 6.08. The summed E-state index contributed by atoms with van der Waals surface area (Å²) in [6.45, 7) is 10.1. The number of hydrogen-bond donors (Lipinski definition) is 1. The lowest BCUT2D eigenvalue weighted by Crippen LogP contribution is -2.44. The number of hydrogen-bond acceptors (Lipinski definition) is 5. The van der Waals surface area contributed by atoms with E-state index in [0.29, 0.717) is 12.8 Å². The molecule has 0 spiro atoms. The van der Waals surface area contributed by atoms with Gasteiger partial charge in [-0.3, -0.25) is 14.8 Å². The van der Waals surface area contributed by atoms with Gasteiger partial charge in [-0.05, 0) is 55.1 Å². The van der Waals surface area contributed by atoms with Crippen molar-refractivity contribution in [2.75, 3.05) is 38.1 Å². The lowest BCUT2D eigenvalue weighted by molar-refractivity contribution is -0.133. The molecular formula is C28H32N6O. The van der Waals surface area contributed by atoms with E-state index in [-0.39, 0.29) is 17.7 Å². The van der Waals surface area contributed by atoms with Gasteiger partial charge in [0.05, 0.1) is 23.4 Å². The summed E-state index contributed by atoms with van der Waals surface area (Å²) in [5.74, 6) is -0.509. The molecule has 1 N–H and O–H groups in total. The number of likely N-dealkylation sites (N-methyl/N-ethyl adjacent to an activating group) is 1. The molecule has 1 amide bonds. The fourth-order valence-corrected chi connectivity index (χ4v) is 5.10. The monoisotopic (exact) mass is 468 g/mol. The molecule has 2 unspecified atom stereocenters. The van der Waals surface area contributed by atoms with E-state index in [2.05, 4.69) is 70.0 Å². The average molecular weight is 469 g/mol. The molecule has 1 saturated carbocycles. The molecule has 35 heavy (non-hydrogen) atoms. The molecule has 1 saturated heterocycles. The minimum absolute atomic E-state index is 0.0693. The average Bonchev–Trinajstić information content (AvgIpc) is 3.52. The Labute approximate surface area is 207 Å². The maximum absolute atomic E-state index is 13.4. The summed E-state index contributed by atoms with van der Waals surface area (Å²) in [5, 5.41) is 17.3. The zero-order valence-electron chi connectivity index (χ0n) is 20.4. The summed E-state index contributed by atoms with van der Waals surface area (Å²) < 4.78 is 0. The zero-order chi connectivity index (χ0) is 24.6. The summed E-state index contributed by atoms with van der Waals surface area (Å²) in [6, 6.07) is 13.0. The largest absolute Gasteiger partial charge is 0.369 e. The standard InChI is InChI=1S/C28H32N6O/c1-4-34(28(19-29)12-13-28)27(35)24-7-5-6-23(20(24)2)26-18-25(30-31-26)21-8-10-22(11-9-21)33-16-14-32(3)15-17-33/h4-11,18,20,24H,1,12-17H2,2-3H3,(H,30,31). The lowest BCUT2D eigenvalue weighted by Gasteiger charge is -2.34. The topological polar surface area (TPSA) is 79.3 Å². The summed E-state index contributed by atoms with van der Waals surface area (Å²) >= 11 is 0. The molecule has 0 radical (unpaired) electrons. The van der Waals surface area contributed by atoms with Crippen LogP contribution in [0, 0.1) is 23.2 Å². The van der Waals surface area contributed by atoms with Gasteiger partial charge < -0.3 is 9.80 Å². The highest BCUT2D eigenvalue weighted by atomic mass is 16.2. The van der Waals surface area contributed by atoms with Crippen molar-refractivity contribution in [1.82, 2.24) is 20.0 Å². The number of nitrogens with zero attached hydrogens (tertiary/aromatic N) is 5. The minimum Gasteiger partial charge on any atom is -0.369 e. The number of H-pyrrole nitrogens is 1. The Morgan fingerprint density at radius 2 is 1.97 bits per heavy atom. The van der Waals surface area contributed by atoms with E-state index in [1.165, 1.54) is 11.9 Å². The molecule has 2 heterocycles. The van der Waals surface area contributed by atoms with Gasteiger partial charge in [-0.15, -0.1) is 0 Å². The highest BCUT2D eigenvalue weighted by Crippen LogP contribution is 2.44. The van der Waals surface area contributed by atoms with Crippen molar-refractivity contribution in [3.8, 4) is 17.3 Å². The summed E-state index contributed by atoms with van der Waals surface area (Å²) in [4.78, 5) is 19.7. The Morgan fingerprint density at radius 3 is 2.60 bits per heavy atom. The first kappa shape index (κ1) is 23.1. The Morgan fingerprint density at radius 1 is 1.26 bits per heavy atom. The van der Waals surface area contributed by atoms with Crippen molar-refractivity contribution >= 4 is 17.2 Å². The van der Waals surface area contributed by atoms with Crippen LogP contribution in [0.25, 0.3) is 16.8 Å². The second-order valence-corrected chi connectivity index (χ2v) is 9.86. The van der Waals surface area contributed by atoms with Gasteiger partial charge >= 0.3 is 0 Å². The van der Waals surface area contributed by atoms with E-state index in [1.807, 2.05) is 25.2 Å². The maximum atomic E-state index is 13.4. The molecule has 7 nitrogen and oxygen atoms in total. The van der Waals surface area contributed by atoms with Crippen LogP contribution in [-0.4, -0.2) is 64.7 Å². The number of carbonyl (C=O) groups is 1. The third kappa shape index (κ3) is 4.30. The van der Waals surface area contributed by atoms with E-state index < -0.39 is 5.54 Å². The number of benzene rings is 1. The Bertz CT molecular complexity index is 1200. The van der Waals surface area contributed by atoms with Gasteiger partial charge in [-0.2, -0.15) is 10.4 Å². The van der Waals surface area contributed by atoms with Gasteiger partial charge in [0.1, 0.15) is 5.54 Å². The number of carbonyl (C=O) groups excluding carboxylic acids is 1. The van der Waals surface area contributed by atoms with Gasteiger partial charge in [-0.25, -0.2) is 0 Å². The number of nitrogens with one attached hydrogen (secondary N) is 1. The predicted molar refractivity (Wildman–Crippen MR) is 138 cm³/mol. The Balaban J connectivity index is 1.31. The first-order chi connectivity index (χ1) is 17.0. The van der Waals surface area contributed by atoms with Gasteiger partial charge in [0.25, 0.3) is 0 Å². The van der Waals surface area contributed by atoms with Gasteiger partial charge in [0.15, 0.2) is 0 Å². The van der Waals surface area contributed by atoms with Crippen LogP contribution in [0.15, 0.2) is 61.3 Å². The van der Waals surface area contributed by atoms with Crippen LogP contribution in [0.3, 0.4) is 0 Å². The van der Waals surface area contributed by atoms with Gasteiger partial charge in [0, 0.05) is 38.1 Å². The molecule has 3 aliphatic rings. The fraction of sp³-hybridized carbons (Fsp3) is 0.393. The molecule has 1 aromatic heterocycles.